The number of amides is 2. The summed E-state index contributed by atoms with van der Waals surface area (Å²) in [6, 6.07) is 5.82. The first-order chi connectivity index (χ1) is 10.1. The van der Waals surface area contributed by atoms with Crippen LogP contribution in [0.3, 0.4) is 0 Å². The van der Waals surface area contributed by atoms with Crippen molar-refractivity contribution in [2.24, 2.45) is 0 Å². The number of benzene rings is 1. The minimum atomic E-state index is -0.0308. The van der Waals surface area contributed by atoms with Gasteiger partial charge in [0, 0.05) is 30.3 Å². The molecule has 3 N–H and O–H groups in total. The molecule has 0 aliphatic carbocycles. The molecule has 0 saturated carbocycles. The van der Waals surface area contributed by atoms with Crippen LogP contribution < -0.4 is 16.0 Å². The van der Waals surface area contributed by atoms with E-state index in [0.29, 0.717) is 12.8 Å². The first kappa shape index (κ1) is 15.5. The van der Waals surface area contributed by atoms with E-state index in [9.17, 15) is 9.59 Å². The monoisotopic (exact) mass is 289 g/mol. The van der Waals surface area contributed by atoms with Crippen molar-refractivity contribution in [2.75, 3.05) is 17.2 Å². The minimum absolute atomic E-state index is 0.0106. The zero-order valence-electron chi connectivity index (χ0n) is 12.7. The number of hydrogen-bond donors (Lipinski definition) is 3. The molecule has 21 heavy (non-hydrogen) atoms. The van der Waals surface area contributed by atoms with Crippen molar-refractivity contribution in [3.8, 4) is 0 Å². The van der Waals surface area contributed by atoms with Crippen molar-refractivity contribution in [2.45, 2.75) is 45.6 Å². The molecular weight excluding hydrogens is 266 g/mol. The number of rotatable bonds is 5. The van der Waals surface area contributed by atoms with Gasteiger partial charge in [0.15, 0.2) is 0 Å². The van der Waals surface area contributed by atoms with Crippen LogP contribution in [-0.4, -0.2) is 24.4 Å². The summed E-state index contributed by atoms with van der Waals surface area (Å²) in [7, 11) is 0. The van der Waals surface area contributed by atoms with E-state index < -0.39 is 0 Å². The van der Waals surface area contributed by atoms with Crippen molar-refractivity contribution in [3.05, 3.63) is 23.8 Å². The maximum absolute atomic E-state index is 12.1. The summed E-state index contributed by atoms with van der Waals surface area (Å²) < 4.78 is 0. The molecule has 0 radical (unpaired) electrons. The first-order valence-corrected chi connectivity index (χ1v) is 7.53. The number of nitrogens with one attached hydrogen (secondary N) is 3. The maximum atomic E-state index is 12.1. The summed E-state index contributed by atoms with van der Waals surface area (Å²) in [4.78, 5) is 23.6. The van der Waals surface area contributed by atoms with E-state index in [2.05, 4.69) is 16.0 Å². The number of carbonyl (C=O) groups is 2. The molecule has 114 valence electrons. The molecule has 1 fully saturated rings. The molecule has 0 bridgehead atoms. The van der Waals surface area contributed by atoms with Crippen LogP contribution in [0, 0.1) is 6.92 Å². The Morgan fingerprint density at radius 3 is 2.48 bits per heavy atom. The Labute approximate surface area is 125 Å². The Morgan fingerprint density at radius 1 is 1.24 bits per heavy atom. The number of carbonyl (C=O) groups excluding carboxylic acids is 2. The van der Waals surface area contributed by atoms with Crippen molar-refractivity contribution in [3.63, 3.8) is 0 Å². The van der Waals surface area contributed by atoms with E-state index in [4.69, 9.17) is 0 Å². The van der Waals surface area contributed by atoms with E-state index in [-0.39, 0.29) is 17.9 Å². The fourth-order valence-electron chi connectivity index (χ4n) is 2.50. The van der Waals surface area contributed by atoms with Crippen LogP contribution in [-0.2, 0) is 9.59 Å². The van der Waals surface area contributed by atoms with Gasteiger partial charge in [0.1, 0.15) is 0 Å². The summed E-state index contributed by atoms with van der Waals surface area (Å²) in [6.45, 7) is 4.70. The van der Waals surface area contributed by atoms with E-state index in [1.54, 1.807) is 0 Å². The highest BCUT2D eigenvalue weighted by Gasteiger charge is 2.18. The fraction of sp³-hybridized carbons (Fsp3) is 0.500. The van der Waals surface area contributed by atoms with Crippen molar-refractivity contribution < 1.29 is 9.59 Å². The second-order valence-electron chi connectivity index (χ2n) is 5.43. The van der Waals surface area contributed by atoms with Crippen LogP contribution in [0.25, 0.3) is 0 Å². The Kier molecular flexibility index (Phi) is 5.33. The van der Waals surface area contributed by atoms with Crippen LogP contribution in [0.15, 0.2) is 18.2 Å². The lowest BCUT2D eigenvalue weighted by molar-refractivity contribution is -0.117. The topological polar surface area (TPSA) is 70.2 Å². The van der Waals surface area contributed by atoms with Crippen molar-refractivity contribution >= 4 is 23.2 Å². The first-order valence-electron chi connectivity index (χ1n) is 7.53. The molecular formula is C16H23N3O2. The average molecular weight is 289 g/mol. The molecule has 1 aromatic carbocycles. The van der Waals surface area contributed by atoms with Gasteiger partial charge >= 0.3 is 0 Å². The van der Waals surface area contributed by atoms with Crippen LogP contribution in [0.5, 0.6) is 0 Å². The number of hydrogen-bond acceptors (Lipinski definition) is 3. The predicted octanol–water partition coefficient (Wildman–Crippen LogP) is 2.42. The summed E-state index contributed by atoms with van der Waals surface area (Å²) in [5.41, 5.74) is 2.39. The van der Waals surface area contributed by atoms with Crippen LogP contribution in [0.1, 0.15) is 38.2 Å². The van der Waals surface area contributed by atoms with Gasteiger partial charge < -0.3 is 16.0 Å². The quantitative estimate of drug-likeness (QED) is 0.779. The van der Waals surface area contributed by atoms with E-state index in [0.717, 1.165) is 36.3 Å². The smallest absolute Gasteiger partial charge is 0.225 e. The maximum Gasteiger partial charge on any atom is 0.225 e. The molecule has 0 spiro atoms. The van der Waals surface area contributed by atoms with E-state index >= 15 is 0 Å². The normalized spacial score (nSPS) is 17.5. The molecule has 0 aromatic heterocycles. The van der Waals surface area contributed by atoms with Gasteiger partial charge in [0.2, 0.25) is 11.8 Å². The van der Waals surface area contributed by atoms with Gasteiger partial charge in [0.05, 0.1) is 0 Å². The van der Waals surface area contributed by atoms with Gasteiger partial charge in [-0.15, -0.1) is 0 Å². The van der Waals surface area contributed by atoms with Gasteiger partial charge in [-0.3, -0.25) is 9.59 Å². The molecule has 2 rings (SSSR count). The molecule has 1 atom stereocenters. The van der Waals surface area contributed by atoms with Crippen LogP contribution in [0.4, 0.5) is 11.4 Å². The minimum Gasteiger partial charge on any atom is -0.326 e. The summed E-state index contributed by atoms with van der Waals surface area (Å²) in [5.74, 6) is -0.0202. The Hall–Kier alpha value is -1.88. The molecule has 1 aliphatic heterocycles. The van der Waals surface area contributed by atoms with Crippen molar-refractivity contribution in [1.82, 2.24) is 5.32 Å². The molecule has 1 aromatic rings. The van der Waals surface area contributed by atoms with Crippen LogP contribution in [0.2, 0.25) is 0 Å². The standard InChI is InChI=1S/C16H23N3O2/c1-3-15(20)18-13-7-4-8-14(11(13)2)19-16(21)10-12-6-5-9-17-12/h4,7-8,12,17H,3,5-6,9-10H2,1-2H3,(H,18,20)(H,19,21). The lowest BCUT2D eigenvalue weighted by atomic mass is 10.1. The summed E-state index contributed by atoms with van der Waals surface area (Å²) in [5, 5.41) is 9.10. The summed E-state index contributed by atoms with van der Waals surface area (Å²) >= 11 is 0. The lowest BCUT2D eigenvalue weighted by Crippen LogP contribution is -2.27. The van der Waals surface area contributed by atoms with Gasteiger partial charge in [-0.25, -0.2) is 0 Å². The molecule has 2 amide bonds. The highest BCUT2D eigenvalue weighted by atomic mass is 16.2. The van der Waals surface area contributed by atoms with Gasteiger partial charge in [-0.1, -0.05) is 13.0 Å². The second-order valence-corrected chi connectivity index (χ2v) is 5.43. The van der Waals surface area contributed by atoms with Crippen molar-refractivity contribution in [1.29, 1.82) is 0 Å². The summed E-state index contributed by atoms with van der Waals surface area (Å²) in [6.07, 6.45) is 3.11. The fourth-order valence-corrected chi connectivity index (χ4v) is 2.50. The molecule has 1 unspecified atom stereocenters. The largest absolute Gasteiger partial charge is 0.326 e. The zero-order chi connectivity index (χ0) is 15.2. The average Bonchev–Trinajstić information content (AvgIpc) is 2.95. The van der Waals surface area contributed by atoms with E-state index in [1.807, 2.05) is 32.0 Å². The highest BCUT2D eigenvalue weighted by molar-refractivity contribution is 5.95. The van der Waals surface area contributed by atoms with Crippen LogP contribution >= 0.6 is 0 Å². The highest BCUT2D eigenvalue weighted by Crippen LogP contribution is 2.24. The van der Waals surface area contributed by atoms with E-state index in [1.165, 1.54) is 0 Å². The Bertz CT molecular complexity index is 522. The lowest BCUT2D eigenvalue weighted by Gasteiger charge is -2.14. The van der Waals surface area contributed by atoms with Gasteiger partial charge in [-0.2, -0.15) is 0 Å². The SMILES string of the molecule is CCC(=O)Nc1cccc(NC(=O)CC2CCCN2)c1C. The molecule has 1 aliphatic rings. The second kappa shape index (κ2) is 7.22. The van der Waals surface area contributed by atoms with Gasteiger partial charge in [-0.05, 0) is 44.0 Å². The third-order valence-electron chi connectivity index (χ3n) is 3.80. The Morgan fingerprint density at radius 2 is 1.90 bits per heavy atom. The molecule has 5 heteroatoms. The predicted molar refractivity (Wildman–Crippen MR) is 84.4 cm³/mol. The molecule has 1 heterocycles. The number of anilines is 2. The molecule has 5 nitrogen and oxygen atoms in total. The third kappa shape index (κ3) is 4.29. The Balaban J connectivity index is 2.00. The van der Waals surface area contributed by atoms with Gasteiger partial charge in [0.25, 0.3) is 0 Å². The zero-order valence-corrected chi connectivity index (χ0v) is 12.7. The molecule has 1 saturated heterocycles. The third-order valence-corrected chi connectivity index (χ3v) is 3.80.